The zero-order valence-electron chi connectivity index (χ0n) is 9.19. The molecule has 0 fully saturated rings. The molecule has 2 N–H and O–H groups in total. The van der Waals surface area contributed by atoms with Gasteiger partial charge in [-0.2, -0.15) is 0 Å². The van der Waals surface area contributed by atoms with Crippen LogP contribution in [0.25, 0.3) is 0 Å². The Labute approximate surface area is 90.2 Å². The first-order valence-corrected chi connectivity index (χ1v) is 5.23. The second kappa shape index (κ2) is 5.39. The third kappa shape index (κ3) is 3.27. The van der Waals surface area contributed by atoms with Crippen LogP contribution in [0.15, 0.2) is 24.3 Å². The molecular formula is C12H17NO2. The van der Waals surface area contributed by atoms with Crippen LogP contribution in [0.4, 0.5) is 0 Å². The quantitative estimate of drug-likeness (QED) is 0.805. The topological polar surface area (TPSA) is 52.3 Å². The predicted molar refractivity (Wildman–Crippen MR) is 60.0 cm³/mol. The third-order valence-electron chi connectivity index (χ3n) is 2.33. The van der Waals surface area contributed by atoms with Crippen molar-refractivity contribution in [1.82, 2.24) is 0 Å². The van der Waals surface area contributed by atoms with E-state index in [0.717, 1.165) is 12.8 Å². The zero-order valence-corrected chi connectivity index (χ0v) is 9.19. The fraction of sp³-hybridized carbons (Fsp3) is 0.417. The van der Waals surface area contributed by atoms with Gasteiger partial charge in [-0.1, -0.05) is 19.9 Å². The van der Waals surface area contributed by atoms with E-state index in [1.165, 1.54) is 0 Å². The highest BCUT2D eigenvalue weighted by molar-refractivity contribution is 5.93. The Morgan fingerprint density at radius 1 is 1.40 bits per heavy atom. The maximum absolute atomic E-state index is 10.9. The Hall–Kier alpha value is -1.51. The van der Waals surface area contributed by atoms with Gasteiger partial charge in [0.1, 0.15) is 5.75 Å². The van der Waals surface area contributed by atoms with E-state index in [4.69, 9.17) is 10.5 Å². The molecule has 0 bridgehead atoms. The number of nitrogens with two attached hydrogens (primary N) is 1. The molecule has 0 unspecified atom stereocenters. The van der Waals surface area contributed by atoms with E-state index in [1.807, 2.05) is 6.07 Å². The monoisotopic (exact) mass is 207 g/mol. The van der Waals surface area contributed by atoms with Gasteiger partial charge in [0.05, 0.1) is 6.10 Å². The number of ether oxygens (including phenoxy) is 1. The van der Waals surface area contributed by atoms with Gasteiger partial charge in [0.2, 0.25) is 5.91 Å². The van der Waals surface area contributed by atoms with Gasteiger partial charge in [-0.15, -0.1) is 0 Å². The minimum absolute atomic E-state index is 0.202. The van der Waals surface area contributed by atoms with Gasteiger partial charge in [-0.25, -0.2) is 0 Å². The predicted octanol–water partition coefficient (Wildman–Crippen LogP) is 2.35. The maximum atomic E-state index is 10.9. The van der Waals surface area contributed by atoms with Crippen molar-refractivity contribution < 1.29 is 9.53 Å². The minimum Gasteiger partial charge on any atom is -0.490 e. The van der Waals surface area contributed by atoms with E-state index in [1.54, 1.807) is 18.2 Å². The largest absolute Gasteiger partial charge is 0.490 e. The molecule has 0 radical (unpaired) electrons. The number of amides is 1. The van der Waals surface area contributed by atoms with Crippen LogP contribution >= 0.6 is 0 Å². The van der Waals surface area contributed by atoms with Crippen LogP contribution in [0.5, 0.6) is 5.75 Å². The molecule has 0 spiro atoms. The second-order valence-electron chi connectivity index (χ2n) is 3.45. The molecule has 0 aliphatic carbocycles. The standard InChI is InChI=1S/C12H17NO2/c1-3-10(4-2)15-11-7-5-6-9(8-11)12(13)14/h5-8,10H,3-4H2,1-2H3,(H2,13,14). The molecule has 0 saturated heterocycles. The number of hydrogen-bond donors (Lipinski definition) is 1. The summed E-state index contributed by atoms with van der Waals surface area (Å²) >= 11 is 0. The number of carbonyl (C=O) groups excluding carboxylic acids is 1. The van der Waals surface area contributed by atoms with Crippen molar-refractivity contribution in [3.05, 3.63) is 29.8 Å². The molecular weight excluding hydrogens is 190 g/mol. The lowest BCUT2D eigenvalue weighted by Crippen LogP contribution is -2.15. The zero-order chi connectivity index (χ0) is 11.3. The van der Waals surface area contributed by atoms with Gasteiger partial charge in [-0.3, -0.25) is 4.79 Å². The van der Waals surface area contributed by atoms with Crippen LogP contribution in [-0.4, -0.2) is 12.0 Å². The summed E-state index contributed by atoms with van der Waals surface area (Å²) in [5.41, 5.74) is 5.67. The maximum Gasteiger partial charge on any atom is 0.248 e. The number of rotatable bonds is 5. The Morgan fingerprint density at radius 2 is 2.07 bits per heavy atom. The van der Waals surface area contributed by atoms with Crippen LogP contribution in [0, 0.1) is 0 Å². The van der Waals surface area contributed by atoms with E-state index in [9.17, 15) is 4.79 Å². The fourth-order valence-electron chi connectivity index (χ4n) is 1.37. The van der Waals surface area contributed by atoms with Crippen molar-refractivity contribution in [2.75, 3.05) is 0 Å². The van der Waals surface area contributed by atoms with Gasteiger partial charge >= 0.3 is 0 Å². The number of benzene rings is 1. The Bertz CT molecular complexity index is 332. The fourth-order valence-corrected chi connectivity index (χ4v) is 1.37. The van der Waals surface area contributed by atoms with Crippen molar-refractivity contribution in [3.63, 3.8) is 0 Å². The average molecular weight is 207 g/mol. The molecule has 0 atom stereocenters. The molecule has 1 aromatic rings. The Morgan fingerprint density at radius 3 is 2.60 bits per heavy atom. The first-order chi connectivity index (χ1) is 7.17. The summed E-state index contributed by atoms with van der Waals surface area (Å²) in [5.74, 6) is 0.282. The summed E-state index contributed by atoms with van der Waals surface area (Å²) in [6.07, 6.45) is 2.11. The summed E-state index contributed by atoms with van der Waals surface area (Å²) < 4.78 is 5.70. The van der Waals surface area contributed by atoms with Gasteiger partial charge in [0, 0.05) is 5.56 Å². The van der Waals surface area contributed by atoms with Crippen molar-refractivity contribution in [2.24, 2.45) is 5.73 Å². The van der Waals surface area contributed by atoms with Crippen molar-refractivity contribution in [1.29, 1.82) is 0 Å². The number of hydrogen-bond acceptors (Lipinski definition) is 2. The average Bonchev–Trinajstić information content (AvgIpc) is 2.26. The first kappa shape index (κ1) is 11.6. The lowest BCUT2D eigenvalue weighted by Gasteiger charge is -2.15. The molecule has 0 heterocycles. The van der Waals surface area contributed by atoms with E-state index < -0.39 is 5.91 Å². The highest BCUT2D eigenvalue weighted by atomic mass is 16.5. The van der Waals surface area contributed by atoms with Crippen LogP contribution in [0.2, 0.25) is 0 Å². The van der Waals surface area contributed by atoms with Crippen molar-refractivity contribution in [2.45, 2.75) is 32.8 Å². The highest BCUT2D eigenvalue weighted by Gasteiger charge is 2.06. The molecule has 1 rings (SSSR count). The summed E-state index contributed by atoms with van der Waals surface area (Å²) in [6.45, 7) is 4.15. The molecule has 15 heavy (non-hydrogen) atoms. The Balaban J connectivity index is 2.77. The van der Waals surface area contributed by atoms with Crippen LogP contribution in [0.3, 0.4) is 0 Å². The van der Waals surface area contributed by atoms with E-state index in [2.05, 4.69) is 13.8 Å². The van der Waals surface area contributed by atoms with Crippen LogP contribution in [0.1, 0.15) is 37.0 Å². The summed E-state index contributed by atoms with van der Waals surface area (Å²) in [5, 5.41) is 0. The van der Waals surface area contributed by atoms with Crippen LogP contribution in [-0.2, 0) is 0 Å². The summed E-state index contributed by atoms with van der Waals surface area (Å²) in [4.78, 5) is 10.9. The molecule has 3 heteroatoms. The smallest absolute Gasteiger partial charge is 0.248 e. The normalized spacial score (nSPS) is 10.3. The van der Waals surface area contributed by atoms with Crippen molar-refractivity contribution >= 4 is 5.91 Å². The molecule has 0 aliphatic rings. The highest BCUT2D eigenvalue weighted by Crippen LogP contribution is 2.16. The lowest BCUT2D eigenvalue weighted by molar-refractivity contribution is 0.0999. The molecule has 0 saturated carbocycles. The first-order valence-electron chi connectivity index (χ1n) is 5.23. The molecule has 1 aromatic carbocycles. The van der Waals surface area contributed by atoms with Gasteiger partial charge in [0.25, 0.3) is 0 Å². The number of primary amides is 1. The molecule has 1 amide bonds. The van der Waals surface area contributed by atoms with E-state index in [0.29, 0.717) is 11.3 Å². The summed E-state index contributed by atoms with van der Waals surface area (Å²) in [6, 6.07) is 6.98. The lowest BCUT2D eigenvalue weighted by atomic mass is 10.2. The molecule has 82 valence electrons. The van der Waals surface area contributed by atoms with Gasteiger partial charge < -0.3 is 10.5 Å². The number of carbonyl (C=O) groups is 1. The molecule has 0 aromatic heterocycles. The van der Waals surface area contributed by atoms with E-state index in [-0.39, 0.29) is 6.10 Å². The molecule has 3 nitrogen and oxygen atoms in total. The van der Waals surface area contributed by atoms with E-state index >= 15 is 0 Å². The summed E-state index contributed by atoms with van der Waals surface area (Å²) in [7, 11) is 0. The molecule has 0 aliphatic heterocycles. The van der Waals surface area contributed by atoms with Gasteiger partial charge in [0.15, 0.2) is 0 Å². The van der Waals surface area contributed by atoms with Gasteiger partial charge in [-0.05, 0) is 31.0 Å². The third-order valence-corrected chi connectivity index (χ3v) is 2.33. The Kier molecular flexibility index (Phi) is 4.16. The van der Waals surface area contributed by atoms with Crippen molar-refractivity contribution in [3.8, 4) is 5.75 Å². The minimum atomic E-state index is -0.426. The van der Waals surface area contributed by atoms with Crippen LogP contribution < -0.4 is 10.5 Å². The SMILES string of the molecule is CCC(CC)Oc1cccc(C(N)=O)c1. The second-order valence-corrected chi connectivity index (χ2v) is 3.45.